The lowest BCUT2D eigenvalue weighted by molar-refractivity contribution is -0.384. The molecule has 20 heavy (non-hydrogen) atoms. The summed E-state index contributed by atoms with van der Waals surface area (Å²) in [5, 5.41) is 20.1. The molecule has 1 aliphatic rings. The van der Waals surface area contributed by atoms with E-state index in [1.165, 1.54) is 12.1 Å². The quantitative estimate of drug-likeness (QED) is 0.396. The van der Waals surface area contributed by atoms with Gasteiger partial charge in [0.05, 0.1) is 42.4 Å². The van der Waals surface area contributed by atoms with Gasteiger partial charge in [0, 0.05) is 6.54 Å². The van der Waals surface area contributed by atoms with Crippen LogP contribution in [-0.2, 0) is 4.74 Å². The zero-order valence-electron chi connectivity index (χ0n) is 11.0. The molecule has 0 radical (unpaired) electrons. The number of nitro groups is 1. The summed E-state index contributed by atoms with van der Waals surface area (Å²) >= 11 is 0. The molecule has 4 N–H and O–H groups in total. The lowest BCUT2D eigenvalue weighted by Gasteiger charge is -2.38. The number of rotatable bonds is 4. The van der Waals surface area contributed by atoms with Gasteiger partial charge in [-0.3, -0.25) is 10.1 Å². The third-order valence-electron chi connectivity index (χ3n) is 3.16. The van der Waals surface area contributed by atoms with E-state index in [1.807, 2.05) is 11.8 Å². The van der Waals surface area contributed by atoms with Crippen LogP contribution >= 0.6 is 0 Å². The van der Waals surface area contributed by atoms with Crippen LogP contribution in [-0.4, -0.2) is 46.9 Å². The molecule has 0 aliphatic carbocycles. The number of aliphatic hydroxyl groups is 1. The molecule has 0 aromatic carbocycles. The second kappa shape index (κ2) is 5.99. The van der Waals surface area contributed by atoms with Gasteiger partial charge in [-0.1, -0.05) is 0 Å². The first-order valence-electron chi connectivity index (χ1n) is 6.17. The van der Waals surface area contributed by atoms with E-state index in [-0.39, 0.29) is 30.3 Å². The average Bonchev–Trinajstić information content (AvgIpc) is 2.47. The minimum absolute atomic E-state index is 0.00192. The lowest BCUT2D eigenvalue weighted by atomic mass is 10.2. The molecular formula is C11H17N5O4. The Balaban J connectivity index is 2.34. The number of ether oxygens (including phenoxy) is 1. The van der Waals surface area contributed by atoms with Gasteiger partial charge in [-0.25, -0.2) is 10.8 Å². The predicted octanol–water partition coefficient (Wildman–Crippen LogP) is -0.139. The van der Waals surface area contributed by atoms with Crippen LogP contribution in [0.25, 0.3) is 0 Å². The smallest absolute Gasteiger partial charge is 0.276 e. The third kappa shape index (κ3) is 2.95. The SMILES string of the molecule is CC1COC(CO)CN1c1cc([N+](=O)[O-])cc(NN)n1. The van der Waals surface area contributed by atoms with Crippen LogP contribution in [0.2, 0.25) is 0 Å². The molecular weight excluding hydrogens is 266 g/mol. The third-order valence-corrected chi connectivity index (χ3v) is 3.16. The van der Waals surface area contributed by atoms with Crippen molar-refractivity contribution >= 4 is 17.3 Å². The molecule has 1 saturated heterocycles. The fourth-order valence-electron chi connectivity index (χ4n) is 2.08. The molecule has 1 fully saturated rings. The molecule has 1 aliphatic heterocycles. The molecule has 9 heteroatoms. The van der Waals surface area contributed by atoms with Crippen molar-refractivity contribution in [1.82, 2.24) is 4.98 Å². The van der Waals surface area contributed by atoms with Crippen LogP contribution in [0, 0.1) is 10.1 Å². The van der Waals surface area contributed by atoms with Crippen molar-refractivity contribution < 1.29 is 14.8 Å². The molecule has 0 amide bonds. The van der Waals surface area contributed by atoms with Crippen molar-refractivity contribution in [2.24, 2.45) is 5.84 Å². The minimum atomic E-state index is -0.499. The summed E-state index contributed by atoms with van der Waals surface area (Å²) in [7, 11) is 0. The molecule has 2 unspecified atom stereocenters. The van der Waals surface area contributed by atoms with E-state index in [0.29, 0.717) is 19.0 Å². The summed E-state index contributed by atoms with van der Waals surface area (Å²) in [5.41, 5.74) is 2.22. The fourth-order valence-corrected chi connectivity index (χ4v) is 2.08. The van der Waals surface area contributed by atoms with Crippen LogP contribution in [0.1, 0.15) is 6.92 Å². The average molecular weight is 283 g/mol. The number of morpholine rings is 1. The van der Waals surface area contributed by atoms with E-state index >= 15 is 0 Å². The molecule has 2 heterocycles. The van der Waals surface area contributed by atoms with Crippen LogP contribution in [0.5, 0.6) is 0 Å². The van der Waals surface area contributed by atoms with E-state index in [9.17, 15) is 15.2 Å². The Bertz CT molecular complexity index is 498. The summed E-state index contributed by atoms with van der Waals surface area (Å²) in [6.45, 7) is 2.64. The highest BCUT2D eigenvalue weighted by Crippen LogP contribution is 2.26. The predicted molar refractivity (Wildman–Crippen MR) is 72.3 cm³/mol. The van der Waals surface area contributed by atoms with Crippen molar-refractivity contribution in [1.29, 1.82) is 0 Å². The molecule has 0 saturated carbocycles. The zero-order valence-corrected chi connectivity index (χ0v) is 11.0. The Morgan fingerprint density at radius 3 is 3.05 bits per heavy atom. The van der Waals surface area contributed by atoms with Gasteiger partial charge < -0.3 is 20.2 Å². The summed E-state index contributed by atoms with van der Waals surface area (Å²) in [6, 6.07) is 2.65. The van der Waals surface area contributed by atoms with E-state index in [2.05, 4.69) is 10.4 Å². The zero-order chi connectivity index (χ0) is 14.7. The van der Waals surface area contributed by atoms with Gasteiger partial charge in [0.25, 0.3) is 5.69 Å². The maximum Gasteiger partial charge on any atom is 0.276 e. The fraction of sp³-hybridized carbons (Fsp3) is 0.545. The Morgan fingerprint density at radius 1 is 1.70 bits per heavy atom. The molecule has 1 aromatic heterocycles. The summed E-state index contributed by atoms with van der Waals surface area (Å²) in [6.07, 6.45) is -0.332. The van der Waals surface area contributed by atoms with E-state index in [1.54, 1.807) is 0 Å². The molecule has 1 aromatic rings. The molecule has 2 atom stereocenters. The Kier molecular flexibility index (Phi) is 4.32. The molecule has 9 nitrogen and oxygen atoms in total. The van der Waals surface area contributed by atoms with Crippen molar-refractivity contribution in [2.45, 2.75) is 19.1 Å². The number of nitrogen functional groups attached to an aromatic ring is 1. The van der Waals surface area contributed by atoms with Gasteiger partial charge in [-0.2, -0.15) is 0 Å². The number of hydrogen-bond acceptors (Lipinski definition) is 8. The first-order chi connectivity index (χ1) is 9.55. The number of hydrazine groups is 1. The first-order valence-corrected chi connectivity index (χ1v) is 6.17. The van der Waals surface area contributed by atoms with Crippen molar-refractivity contribution in [2.75, 3.05) is 30.1 Å². The van der Waals surface area contributed by atoms with Crippen molar-refractivity contribution in [3.8, 4) is 0 Å². The standard InChI is InChI=1S/C11H17N5O4/c1-7-6-20-9(5-17)4-15(7)11-3-8(16(18)19)2-10(13-11)14-12/h2-3,7,9,17H,4-6,12H2,1H3,(H,13,14). The molecule has 0 bridgehead atoms. The number of pyridine rings is 1. The number of nitrogens with two attached hydrogens (primary N) is 1. The van der Waals surface area contributed by atoms with Crippen molar-refractivity contribution in [3.63, 3.8) is 0 Å². The van der Waals surface area contributed by atoms with E-state index in [0.717, 1.165) is 0 Å². The minimum Gasteiger partial charge on any atom is -0.394 e. The number of hydrogen-bond donors (Lipinski definition) is 3. The Morgan fingerprint density at radius 2 is 2.45 bits per heavy atom. The summed E-state index contributed by atoms with van der Waals surface area (Å²) < 4.78 is 5.43. The van der Waals surface area contributed by atoms with Gasteiger partial charge in [0.15, 0.2) is 0 Å². The van der Waals surface area contributed by atoms with Crippen LogP contribution in [0.15, 0.2) is 12.1 Å². The summed E-state index contributed by atoms with van der Waals surface area (Å²) in [5.74, 6) is 5.94. The van der Waals surface area contributed by atoms with E-state index < -0.39 is 4.92 Å². The van der Waals surface area contributed by atoms with Crippen molar-refractivity contribution in [3.05, 3.63) is 22.2 Å². The largest absolute Gasteiger partial charge is 0.394 e. The number of nitrogens with one attached hydrogen (secondary N) is 1. The maximum absolute atomic E-state index is 10.9. The van der Waals surface area contributed by atoms with Gasteiger partial charge >= 0.3 is 0 Å². The van der Waals surface area contributed by atoms with Crippen LogP contribution in [0.4, 0.5) is 17.3 Å². The topological polar surface area (TPSA) is 127 Å². The Labute approximate surface area is 115 Å². The second-order valence-electron chi connectivity index (χ2n) is 4.61. The number of anilines is 2. The lowest BCUT2D eigenvalue weighted by Crippen LogP contribution is -2.50. The maximum atomic E-state index is 10.9. The molecule has 2 rings (SSSR count). The van der Waals surface area contributed by atoms with Gasteiger partial charge in [-0.05, 0) is 6.92 Å². The number of aromatic nitrogens is 1. The Hall–Kier alpha value is -1.97. The normalized spacial score (nSPS) is 22.6. The molecule has 110 valence electrons. The first kappa shape index (κ1) is 14.4. The number of aliphatic hydroxyl groups excluding tert-OH is 1. The number of nitrogens with zero attached hydrogens (tertiary/aromatic N) is 3. The highest BCUT2D eigenvalue weighted by Gasteiger charge is 2.28. The monoisotopic (exact) mass is 283 g/mol. The van der Waals surface area contributed by atoms with Crippen LogP contribution in [0.3, 0.4) is 0 Å². The van der Waals surface area contributed by atoms with Gasteiger partial charge in [0.1, 0.15) is 11.6 Å². The highest BCUT2D eigenvalue weighted by atomic mass is 16.6. The highest BCUT2D eigenvalue weighted by molar-refractivity contribution is 5.56. The van der Waals surface area contributed by atoms with E-state index in [4.69, 9.17) is 10.6 Å². The van der Waals surface area contributed by atoms with Crippen LogP contribution < -0.4 is 16.2 Å². The van der Waals surface area contributed by atoms with Gasteiger partial charge in [0.2, 0.25) is 0 Å². The summed E-state index contributed by atoms with van der Waals surface area (Å²) in [4.78, 5) is 16.5. The second-order valence-corrected chi connectivity index (χ2v) is 4.61. The van der Waals surface area contributed by atoms with Gasteiger partial charge in [-0.15, -0.1) is 0 Å². The molecule has 0 spiro atoms.